The molecule has 1 aromatic rings. The Kier molecular flexibility index (Phi) is 19.7. The van der Waals surface area contributed by atoms with Gasteiger partial charge in [-0.2, -0.15) is 0 Å². The maximum absolute atomic E-state index is 16.3. The SMILES string of the molecule is CCC1/C=C(\C)C(F)C(C)CC(OC)C2OC(O)(C(=O)C(=O)N3CCCCC3C(=O)OC(C(C)=CC3CCC(NC=CCc4ccccc4)C(OC)C3)C(C)C(O)CC1=O)C(C)CC2OC. The molecule has 4 aliphatic rings. The molecule has 15 unspecified atom stereocenters. The Morgan fingerprint density at radius 2 is 1.64 bits per heavy atom. The summed E-state index contributed by atoms with van der Waals surface area (Å²) >= 11 is 0. The molecule has 13 nitrogen and oxygen atoms in total. The number of aliphatic hydroxyl groups excluding tert-OH is 1. The van der Waals surface area contributed by atoms with E-state index >= 15 is 4.39 Å². The van der Waals surface area contributed by atoms with Gasteiger partial charge in [0.1, 0.15) is 30.2 Å². The highest BCUT2D eigenvalue weighted by Crippen LogP contribution is 2.39. The highest BCUT2D eigenvalue weighted by Gasteiger charge is 2.57. The van der Waals surface area contributed by atoms with Gasteiger partial charge in [-0.3, -0.25) is 14.4 Å². The fourth-order valence-electron chi connectivity index (χ4n) is 10.5. The molecule has 1 saturated carbocycles. The molecule has 3 aliphatic heterocycles. The van der Waals surface area contributed by atoms with E-state index in [1.54, 1.807) is 40.9 Å². The number of nitrogens with zero attached hydrogens (tertiary/aromatic N) is 1. The highest BCUT2D eigenvalue weighted by atomic mass is 19.1. The van der Waals surface area contributed by atoms with Crippen LogP contribution in [0.4, 0.5) is 4.39 Å². The second-order valence-electron chi connectivity index (χ2n) is 19.4. The van der Waals surface area contributed by atoms with Crippen LogP contribution >= 0.6 is 0 Å². The molecule has 1 amide bonds. The number of carbonyl (C=O) groups excluding carboxylic acids is 4. The predicted molar refractivity (Wildman–Crippen MR) is 249 cm³/mol. The Labute approximate surface area is 391 Å². The Morgan fingerprint density at radius 1 is 0.955 bits per heavy atom. The fraction of sp³-hybridized carbons (Fsp3) is 0.692. The molecule has 0 radical (unpaired) electrons. The van der Waals surface area contributed by atoms with Crippen LogP contribution in [0.25, 0.3) is 0 Å². The maximum Gasteiger partial charge on any atom is 0.329 e. The number of aliphatic hydroxyl groups is 2. The number of Topliss-reactive ketones (excluding diaryl/α,β-unsaturated/α-hetero) is 2. The predicted octanol–water partition coefficient (Wildman–Crippen LogP) is 6.77. The number of hydrogen-bond acceptors (Lipinski definition) is 12. The third kappa shape index (κ3) is 12.8. The van der Waals surface area contributed by atoms with Gasteiger partial charge in [0, 0.05) is 52.0 Å². The number of rotatable bonds is 10. The van der Waals surface area contributed by atoms with Crippen molar-refractivity contribution in [2.75, 3.05) is 27.9 Å². The second-order valence-corrected chi connectivity index (χ2v) is 19.4. The molecule has 66 heavy (non-hydrogen) atoms. The minimum Gasteiger partial charge on any atom is -0.456 e. The molecular weight excluding hydrogens is 848 g/mol. The lowest BCUT2D eigenvalue weighted by Crippen LogP contribution is -2.64. The molecule has 5 rings (SSSR count). The van der Waals surface area contributed by atoms with Gasteiger partial charge in [0.15, 0.2) is 0 Å². The van der Waals surface area contributed by atoms with Crippen LogP contribution in [0.1, 0.15) is 111 Å². The molecule has 3 N–H and O–H groups in total. The minimum absolute atomic E-state index is 0.0348. The molecule has 14 heteroatoms. The van der Waals surface area contributed by atoms with Crippen molar-refractivity contribution >= 4 is 23.4 Å². The fourth-order valence-corrected chi connectivity index (χ4v) is 10.5. The van der Waals surface area contributed by atoms with Crippen LogP contribution < -0.4 is 5.32 Å². The Balaban J connectivity index is 1.46. The standard InChI is InChI=1S/C52H77FN2O11/c1-10-38-26-31(2)46(53)32(3)27-44(63-8)48-45(64-9)28-34(5)52(61,66-48)49(58)50(59)55-24-15-14-20-40(55)51(60)65-47(35(6)41(56)30-42(38)57)33(4)25-37-21-22-39(43(29-37)62-7)54-23-16-19-36-17-12-11-13-18-36/h11-13,16-18,23,25-26,32,34-35,37-41,43-48,54,56,61H,10,14-15,19-22,24,27-30H2,1-9H3/b23-16?,31-26+,33-25?. The molecule has 1 aliphatic carbocycles. The van der Waals surface area contributed by atoms with Crippen LogP contribution in [0.5, 0.6) is 0 Å². The van der Waals surface area contributed by atoms with Gasteiger partial charge in [-0.15, -0.1) is 0 Å². The van der Waals surface area contributed by atoms with Gasteiger partial charge >= 0.3 is 5.97 Å². The summed E-state index contributed by atoms with van der Waals surface area (Å²) in [4.78, 5) is 58.3. The van der Waals surface area contributed by atoms with Crippen molar-refractivity contribution in [2.24, 2.45) is 29.6 Å². The zero-order valence-electron chi connectivity index (χ0n) is 40.7. The minimum atomic E-state index is -2.60. The van der Waals surface area contributed by atoms with E-state index in [4.69, 9.17) is 23.7 Å². The van der Waals surface area contributed by atoms with Gasteiger partial charge < -0.3 is 44.1 Å². The molecule has 0 spiro atoms. The van der Waals surface area contributed by atoms with Crippen molar-refractivity contribution in [1.82, 2.24) is 10.2 Å². The van der Waals surface area contributed by atoms with Crippen LogP contribution in [-0.2, 0) is 49.3 Å². The van der Waals surface area contributed by atoms with Gasteiger partial charge in [0.25, 0.3) is 11.7 Å². The summed E-state index contributed by atoms with van der Waals surface area (Å²) in [5.74, 6) is -8.95. The first-order valence-corrected chi connectivity index (χ1v) is 24.2. The molecule has 0 aromatic heterocycles. The number of fused-ring (bicyclic) bond motifs is 3. The number of ether oxygens (including phenoxy) is 5. The van der Waals surface area contributed by atoms with Gasteiger partial charge in [0.05, 0.1) is 30.5 Å². The summed E-state index contributed by atoms with van der Waals surface area (Å²) in [6.07, 6.45) is 5.99. The number of cyclic esters (lactones) is 1. The van der Waals surface area contributed by atoms with Crippen molar-refractivity contribution in [2.45, 2.75) is 173 Å². The first kappa shape index (κ1) is 53.2. The van der Waals surface area contributed by atoms with Crippen LogP contribution in [-0.4, -0.2) is 127 Å². The average Bonchev–Trinajstić information content (AvgIpc) is 3.32. The summed E-state index contributed by atoms with van der Waals surface area (Å²) in [5, 5.41) is 27.4. The third-order valence-corrected chi connectivity index (χ3v) is 14.8. The van der Waals surface area contributed by atoms with E-state index in [1.165, 1.54) is 24.7 Å². The molecule has 3 fully saturated rings. The largest absolute Gasteiger partial charge is 0.456 e. The number of ketones is 2. The van der Waals surface area contributed by atoms with Crippen molar-refractivity contribution in [3.63, 3.8) is 0 Å². The average molecular weight is 925 g/mol. The third-order valence-electron chi connectivity index (χ3n) is 14.8. The molecule has 2 bridgehead atoms. The number of methoxy groups -OCH3 is 3. The van der Waals surface area contributed by atoms with E-state index in [1.807, 2.05) is 38.2 Å². The first-order chi connectivity index (χ1) is 31.5. The Morgan fingerprint density at radius 3 is 2.30 bits per heavy atom. The molecule has 3 heterocycles. The molecule has 368 valence electrons. The van der Waals surface area contributed by atoms with E-state index in [0.717, 1.165) is 19.3 Å². The number of halogens is 1. The zero-order valence-corrected chi connectivity index (χ0v) is 40.7. The Hall–Kier alpha value is -3.79. The number of esters is 1. The lowest BCUT2D eigenvalue weighted by atomic mass is 9.81. The number of alkyl halides is 1. The van der Waals surface area contributed by atoms with E-state index < -0.39 is 89.9 Å². The summed E-state index contributed by atoms with van der Waals surface area (Å²) in [6, 6.07) is 9.12. The maximum atomic E-state index is 16.3. The number of benzene rings is 1. The van der Waals surface area contributed by atoms with E-state index in [2.05, 4.69) is 29.6 Å². The molecule has 2 saturated heterocycles. The van der Waals surface area contributed by atoms with Crippen LogP contribution in [0, 0.1) is 29.6 Å². The quantitative estimate of drug-likeness (QED) is 0.128. The van der Waals surface area contributed by atoms with Gasteiger partial charge in [0.2, 0.25) is 5.79 Å². The first-order valence-electron chi connectivity index (χ1n) is 24.2. The van der Waals surface area contributed by atoms with Crippen molar-refractivity contribution in [3.8, 4) is 0 Å². The summed E-state index contributed by atoms with van der Waals surface area (Å²) in [5.41, 5.74) is 2.23. The summed E-state index contributed by atoms with van der Waals surface area (Å²) in [6.45, 7) is 10.4. The van der Waals surface area contributed by atoms with Gasteiger partial charge in [-0.1, -0.05) is 76.3 Å². The van der Waals surface area contributed by atoms with E-state index in [-0.39, 0.29) is 56.1 Å². The molecular formula is C52H77FN2O11. The lowest BCUT2D eigenvalue weighted by molar-refractivity contribution is -0.302. The summed E-state index contributed by atoms with van der Waals surface area (Å²) < 4.78 is 46.5. The van der Waals surface area contributed by atoms with Gasteiger partial charge in [-0.05, 0) is 113 Å². The second kappa shape index (κ2) is 24.5. The highest BCUT2D eigenvalue weighted by molar-refractivity contribution is 6.39. The molecule has 1 aromatic carbocycles. The zero-order chi connectivity index (χ0) is 48.3. The number of carbonyl (C=O) groups is 4. The number of allylic oxidation sites excluding steroid dienone is 4. The number of piperidine rings is 1. The number of hydrogen-bond donors (Lipinski definition) is 3. The van der Waals surface area contributed by atoms with Crippen LogP contribution in [0.3, 0.4) is 0 Å². The Bertz CT molecular complexity index is 1870. The van der Waals surface area contributed by atoms with E-state index in [0.29, 0.717) is 36.8 Å². The summed E-state index contributed by atoms with van der Waals surface area (Å²) in [7, 11) is 4.59. The number of nitrogens with one attached hydrogen (secondary N) is 1. The normalized spacial score (nSPS) is 38.2. The smallest absolute Gasteiger partial charge is 0.329 e. The van der Waals surface area contributed by atoms with Crippen molar-refractivity contribution in [3.05, 3.63) is 71.5 Å². The van der Waals surface area contributed by atoms with Gasteiger partial charge in [-0.25, -0.2) is 9.18 Å². The van der Waals surface area contributed by atoms with Crippen molar-refractivity contribution < 1.29 is 57.5 Å². The molecule has 15 atom stereocenters. The monoisotopic (exact) mass is 925 g/mol. The topological polar surface area (TPSA) is 170 Å². The van der Waals surface area contributed by atoms with Crippen LogP contribution in [0.2, 0.25) is 0 Å². The number of amides is 1. The van der Waals surface area contributed by atoms with E-state index in [9.17, 15) is 29.4 Å². The lowest BCUT2D eigenvalue weighted by Gasteiger charge is -2.47. The van der Waals surface area contributed by atoms with Crippen LogP contribution in [0.15, 0.2) is 65.9 Å². The van der Waals surface area contributed by atoms with Crippen molar-refractivity contribution in [1.29, 1.82) is 0 Å².